The van der Waals surface area contributed by atoms with E-state index < -0.39 is 11.8 Å². The molecule has 2 aromatic carbocycles. The van der Waals surface area contributed by atoms with E-state index in [9.17, 15) is 14.4 Å². The van der Waals surface area contributed by atoms with Gasteiger partial charge in [0.05, 0.1) is 17.2 Å². The molecule has 0 aromatic heterocycles. The molecule has 5 heteroatoms. The number of fused-ring (bicyclic) bond motifs is 1. The number of nitrogens with one attached hydrogen (secondary N) is 1. The van der Waals surface area contributed by atoms with E-state index in [4.69, 9.17) is 0 Å². The third kappa shape index (κ3) is 3.37. The van der Waals surface area contributed by atoms with Crippen LogP contribution in [0.15, 0.2) is 54.6 Å². The van der Waals surface area contributed by atoms with E-state index in [2.05, 4.69) is 5.32 Å². The van der Waals surface area contributed by atoms with Crippen LogP contribution < -0.4 is 5.32 Å². The Morgan fingerprint density at radius 2 is 1.48 bits per heavy atom. The Hall–Kier alpha value is -2.95. The standard InChI is InChI=1S/C22H22N2O3/c25-19(14-24-21(26)17-12-6-7-13-18(17)22(24)27)23-20(16-10-4-5-11-16)15-8-2-1-3-9-15/h1-3,6-9,12-13,16,20H,4-5,10-11,14H2,(H,23,25)/t20-/m0/s1. The van der Waals surface area contributed by atoms with E-state index in [0.717, 1.165) is 23.3 Å². The van der Waals surface area contributed by atoms with Crippen molar-refractivity contribution in [3.63, 3.8) is 0 Å². The molecular formula is C22H22N2O3. The molecule has 1 aliphatic carbocycles. The maximum Gasteiger partial charge on any atom is 0.262 e. The van der Waals surface area contributed by atoms with Gasteiger partial charge in [0.15, 0.2) is 0 Å². The lowest BCUT2D eigenvalue weighted by Crippen LogP contribution is -2.42. The highest BCUT2D eigenvalue weighted by molar-refractivity contribution is 6.22. The van der Waals surface area contributed by atoms with Gasteiger partial charge in [-0.25, -0.2) is 0 Å². The number of hydrogen-bond acceptors (Lipinski definition) is 3. The molecule has 0 spiro atoms. The fraction of sp³-hybridized carbons (Fsp3) is 0.318. The summed E-state index contributed by atoms with van der Waals surface area (Å²) in [6.45, 7) is -0.248. The fourth-order valence-corrected chi connectivity index (χ4v) is 4.17. The van der Waals surface area contributed by atoms with Crippen LogP contribution in [0.3, 0.4) is 0 Å². The maximum absolute atomic E-state index is 12.7. The molecule has 138 valence electrons. The fourth-order valence-electron chi connectivity index (χ4n) is 4.17. The molecule has 1 saturated carbocycles. The highest BCUT2D eigenvalue weighted by Crippen LogP contribution is 2.35. The zero-order valence-electron chi connectivity index (χ0n) is 15.1. The zero-order chi connectivity index (χ0) is 18.8. The summed E-state index contributed by atoms with van der Waals surface area (Å²) >= 11 is 0. The van der Waals surface area contributed by atoms with Crippen molar-refractivity contribution in [1.82, 2.24) is 10.2 Å². The van der Waals surface area contributed by atoms with Gasteiger partial charge in [-0.15, -0.1) is 0 Å². The van der Waals surface area contributed by atoms with Crippen LogP contribution in [0.2, 0.25) is 0 Å². The number of imide groups is 1. The Balaban J connectivity index is 1.49. The van der Waals surface area contributed by atoms with E-state index in [1.807, 2.05) is 30.3 Å². The van der Waals surface area contributed by atoms with Crippen LogP contribution in [0.5, 0.6) is 0 Å². The molecule has 3 amide bonds. The normalized spacial score (nSPS) is 17.9. The topological polar surface area (TPSA) is 66.5 Å². The summed E-state index contributed by atoms with van der Waals surface area (Å²) in [6.07, 6.45) is 4.49. The van der Waals surface area contributed by atoms with Gasteiger partial charge in [-0.2, -0.15) is 0 Å². The second-order valence-corrected chi connectivity index (χ2v) is 7.24. The first-order chi connectivity index (χ1) is 13.1. The van der Waals surface area contributed by atoms with Crippen molar-refractivity contribution < 1.29 is 14.4 Å². The molecule has 1 aliphatic heterocycles. The highest BCUT2D eigenvalue weighted by Gasteiger charge is 2.37. The molecule has 1 heterocycles. The summed E-state index contributed by atoms with van der Waals surface area (Å²) in [5.41, 5.74) is 1.80. The zero-order valence-corrected chi connectivity index (χ0v) is 15.1. The molecule has 1 N–H and O–H groups in total. The third-order valence-electron chi connectivity index (χ3n) is 5.53. The van der Waals surface area contributed by atoms with E-state index in [-0.39, 0.29) is 18.5 Å². The van der Waals surface area contributed by atoms with Crippen molar-refractivity contribution in [1.29, 1.82) is 0 Å². The summed E-state index contributed by atoms with van der Waals surface area (Å²) < 4.78 is 0. The minimum Gasteiger partial charge on any atom is -0.347 e. The van der Waals surface area contributed by atoms with Crippen molar-refractivity contribution in [2.24, 2.45) is 5.92 Å². The average molecular weight is 362 g/mol. The van der Waals surface area contributed by atoms with Crippen LogP contribution in [-0.4, -0.2) is 29.2 Å². The number of amides is 3. The highest BCUT2D eigenvalue weighted by atomic mass is 16.2. The molecule has 1 atom stereocenters. The molecule has 1 fully saturated rings. The number of rotatable bonds is 5. The lowest BCUT2D eigenvalue weighted by Gasteiger charge is -2.26. The van der Waals surface area contributed by atoms with Gasteiger partial charge >= 0.3 is 0 Å². The van der Waals surface area contributed by atoms with Crippen LogP contribution >= 0.6 is 0 Å². The second kappa shape index (κ2) is 7.35. The van der Waals surface area contributed by atoms with E-state index >= 15 is 0 Å². The van der Waals surface area contributed by atoms with Gasteiger partial charge in [0, 0.05) is 0 Å². The van der Waals surface area contributed by atoms with Crippen molar-refractivity contribution >= 4 is 17.7 Å². The summed E-state index contributed by atoms with van der Waals surface area (Å²) in [4.78, 5) is 38.7. The number of carbonyl (C=O) groups excluding carboxylic acids is 3. The predicted molar refractivity (Wildman–Crippen MR) is 101 cm³/mol. The SMILES string of the molecule is O=C(CN1C(=O)c2ccccc2C1=O)N[C@@H](c1ccccc1)C1CCCC1. The Morgan fingerprint density at radius 1 is 0.926 bits per heavy atom. The van der Waals surface area contributed by atoms with Gasteiger partial charge in [-0.05, 0) is 36.5 Å². The molecule has 0 bridgehead atoms. The molecule has 0 saturated heterocycles. The average Bonchev–Trinajstić information content (AvgIpc) is 3.31. The molecule has 2 aromatic rings. The Bertz CT molecular complexity index is 837. The summed E-state index contributed by atoms with van der Waals surface area (Å²) in [5.74, 6) is -0.713. The van der Waals surface area contributed by atoms with Gasteiger partial charge in [0.2, 0.25) is 5.91 Å². The van der Waals surface area contributed by atoms with Gasteiger partial charge < -0.3 is 5.32 Å². The summed E-state index contributed by atoms with van der Waals surface area (Å²) in [6, 6.07) is 16.5. The first-order valence-electron chi connectivity index (χ1n) is 9.44. The first-order valence-corrected chi connectivity index (χ1v) is 9.44. The van der Waals surface area contributed by atoms with Gasteiger partial charge in [-0.3, -0.25) is 19.3 Å². The van der Waals surface area contributed by atoms with Gasteiger partial charge in [-0.1, -0.05) is 55.3 Å². The molecule has 2 aliphatic rings. The van der Waals surface area contributed by atoms with Crippen molar-refractivity contribution in [3.8, 4) is 0 Å². The number of carbonyl (C=O) groups is 3. The smallest absolute Gasteiger partial charge is 0.262 e. The molecule has 0 unspecified atom stereocenters. The summed E-state index contributed by atoms with van der Waals surface area (Å²) in [5, 5.41) is 3.08. The lowest BCUT2D eigenvalue weighted by atomic mass is 9.91. The van der Waals surface area contributed by atoms with Crippen molar-refractivity contribution in [2.45, 2.75) is 31.7 Å². The van der Waals surface area contributed by atoms with E-state index in [1.54, 1.807) is 24.3 Å². The van der Waals surface area contributed by atoms with Crippen LogP contribution in [0.25, 0.3) is 0 Å². The molecular weight excluding hydrogens is 340 g/mol. The van der Waals surface area contributed by atoms with Crippen molar-refractivity contribution in [3.05, 3.63) is 71.3 Å². The molecule has 27 heavy (non-hydrogen) atoms. The van der Waals surface area contributed by atoms with E-state index in [0.29, 0.717) is 17.0 Å². The van der Waals surface area contributed by atoms with Gasteiger partial charge in [0.25, 0.3) is 11.8 Å². The second-order valence-electron chi connectivity index (χ2n) is 7.24. The third-order valence-corrected chi connectivity index (χ3v) is 5.53. The number of benzene rings is 2. The monoisotopic (exact) mass is 362 g/mol. The Morgan fingerprint density at radius 3 is 2.07 bits per heavy atom. The maximum atomic E-state index is 12.7. The molecule has 0 radical (unpaired) electrons. The minimum atomic E-state index is -0.400. The Labute approximate surface area is 158 Å². The molecule has 4 rings (SSSR count). The van der Waals surface area contributed by atoms with Crippen LogP contribution in [0.4, 0.5) is 0 Å². The molecule has 5 nitrogen and oxygen atoms in total. The number of hydrogen-bond donors (Lipinski definition) is 1. The lowest BCUT2D eigenvalue weighted by molar-refractivity contribution is -0.122. The van der Waals surface area contributed by atoms with Crippen LogP contribution in [0, 0.1) is 5.92 Å². The summed E-state index contributed by atoms with van der Waals surface area (Å²) in [7, 11) is 0. The number of nitrogens with zero attached hydrogens (tertiary/aromatic N) is 1. The van der Waals surface area contributed by atoms with Crippen LogP contribution in [-0.2, 0) is 4.79 Å². The first kappa shape index (κ1) is 17.5. The minimum absolute atomic E-state index is 0.0867. The predicted octanol–water partition coefficient (Wildman–Crippen LogP) is 3.33. The quantitative estimate of drug-likeness (QED) is 0.830. The van der Waals surface area contributed by atoms with E-state index in [1.165, 1.54) is 12.8 Å². The Kier molecular flexibility index (Phi) is 4.75. The van der Waals surface area contributed by atoms with Crippen molar-refractivity contribution in [2.75, 3.05) is 6.54 Å². The largest absolute Gasteiger partial charge is 0.347 e. The van der Waals surface area contributed by atoms with Crippen LogP contribution in [0.1, 0.15) is 58.0 Å². The van der Waals surface area contributed by atoms with Gasteiger partial charge in [0.1, 0.15) is 6.54 Å².